The van der Waals surface area contributed by atoms with E-state index < -0.39 is 0 Å². The minimum atomic E-state index is -0.350. The summed E-state index contributed by atoms with van der Waals surface area (Å²) in [5, 5.41) is 13.0. The number of hydrogen-bond acceptors (Lipinski definition) is 7. The number of ether oxygens (including phenoxy) is 1. The number of allylic oxidation sites excluding steroid dienone is 1. The van der Waals surface area contributed by atoms with E-state index in [1.165, 1.54) is 40.8 Å². The van der Waals surface area contributed by atoms with Crippen molar-refractivity contribution in [3.05, 3.63) is 34.5 Å². The van der Waals surface area contributed by atoms with Crippen LogP contribution in [-0.2, 0) is 28.9 Å². The summed E-state index contributed by atoms with van der Waals surface area (Å²) < 4.78 is 7.31. The zero-order valence-electron chi connectivity index (χ0n) is 17.8. The van der Waals surface area contributed by atoms with Gasteiger partial charge in [-0.15, -0.1) is 28.1 Å². The lowest BCUT2D eigenvalue weighted by molar-refractivity contribution is -0.113. The molecular weight excluding hydrogens is 432 g/mol. The Balaban J connectivity index is 1.45. The van der Waals surface area contributed by atoms with E-state index in [1.807, 2.05) is 6.08 Å². The Morgan fingerprint density at radius 1 is 1.29 bits per heavy atom. The van der Waals surface area contributed by atoms with Crippen molar-refractivity contribution in [1.82, 2.24) is 14.8 Å². The molecule has 31 heavy (non-hydrogen) atoms. The van der Waals surface area contributed by atoms with Crippen LogP contribution in [0.4, 0.5) is 5.00 Å². The van der Waals surface area contributed by atoms with Gasteiger partial charge in [0.1, 0.15) is 10.8 Å². The van der Waals surface area contributed by atoms with Gasteiger partial charge in [0.25, 0.3) is 0 Å². The Morgan fingerprint density at radius 2 is 2.10 bits per heavy atom. The number of thiophene rings is 1. The maximum Gasteiger partial charge on any atom is 0.341 e. The van der Waals surface area contributed by atoms with Gasteiger partial charge in [0.2, 0.25) is 5.91 Å². The topological polar surface area (TPSA) is 86.1 Å². The van der Waals surface area contributed by atoms with Crippen LogP contribution in [0.25, 0.3) is 0 Å². The van der Waals surface area contributed by atoms with Gasteiger partial charge in [0.15, 0.2) is 5.16 Å². The summed E-state index contributed by atoms with van der Waals surface area (Å²) in [6, 6.07) is 0. The zero-order valence-corrected chi connectivity index (χ0v) is 19.4. The molecule has 2 aliphatic carbocycles. The zero-order chi connectivity index (χ0) is 21.8. The Labute approximate surface area is 190 Å². The van der Waals surface area contributed by atoms with Crippen LogP contribution in [0.15, 0.2) is 17.8 Å². The minimum Gasteiger partial charge on any atom is -0.462 e. The quantitative estimate of drug-likeness (QED) is 0.335. The molecule has 0 spiro atoms. The van der Waals surface area contributed by atoms with Crippen molar-refractivity contribution >= 4 is 40.0 Å². The number of nitrogens with zero attached hydrogens (tertiary/aromatic N) is 3. The summed E-state index contributed by atoms with van der Waals surface area (Å²) in [6.45, 7) is 6.59. The molecule has 0 atom stereocenters. The number of esters is 1. The Hall–Kier alpha value is -2.13. The van der Waals surface area contributed by atoms with Gasteiger partial charge in [-0.3, -0.25) is 4.79 Å². The summed E-state index contributed by atoms with van der Waals surface area (Å²) in [7, 11) is 0. The van der Waals surface area contributed by atoms with Gasteiger partial charge in [-0.05, 0) is 44.6 Å². The monoisotopic (exact) mass is 460 g/mol. The number of amides is 1. The molecule has 166 valence electrons. The number of thioether (sulfide) groups is 1. The van der Waals surface area contributed by atoms with Gasteiger partial charge < -0.3 is 14.6 Å². The van der Waals surface area contributed by atoms with Crippen molar-refractivity contribution in [2.45, 2.75) is 69.5 Å². The van der Waals surface area contributed by atoms with Crippen molar-refractivity contribution in [3.8, 4) is 0 Å². The van der Waals surface area contributed by atoms with E-state index in [4.69, 9.17) is 4.74 Å². The molecule has 1 saturated carbocycles. The average molecular weight is 461 g/mol. The lowest BCUT2D eigenvalue weighted by Gasteiger charge is -2.12. The molecule has 2 heterocycles. The van der Waals surface area contributed by atoms with E-state index in [1.54, 1.807) is 6.92 Å². The van der Waals surface area contributed by atoms with Crippen LogP contribution in [0.5, 0.6) is 0 Å². The maximum absolute atomic E-state index is 12.7. The molecule has 1 N–H and O–H groups in total. The fourth-order valence-corrected chi connectivity index (χ4v) is 6.45. The minimum absolute atomic E-state index is 0.161. The van der Waals surface area contributed by atoms with Crippen LogP contribution in [-0.4, -0.2) is 39.0 Å². The lowest BCUT2D eigenvalue weighted by atomic mass is 10.1. The van der Waals surface area contributed by atoms with Crippen LogP contribution in [0.1, 0.15) is 71.6 Å². The first-order valence-electron chi connectivity index (χ1n) is 10.9. The summed E-state index contributed by atoms with van der Waals surface area (Å²) in [4.78, 5) is 26.4. The number of hydrogen-bond donors (Lipinski definition) is 1. The first-order valence-corrected chi connectivity index (χ1v) is 12.7. The van der Waals surface area contributed by atoms with Crippen LogP contribution in [0.2, 0.25) is 0 Å². The van der Waals surface area contributed by atoms with E-state index in [0.29, 0.717) is 29.6 Å². The summed E-state index contributed by atoms with van der Waals surface area (Å²) in [5.41, 5.74) is 1.58. The summed E-state index contributed by atoms with van der Waals surface area (Å²) >= 11 is 2.86. The van der Waals surface area contributed by atoms with Crippen LogP contribution in [0, 0.1) is 0 Å². The Kier molecular flexibility index (Phi) is 7.12. The number of nitrogens with one attached hydrogen (secondary N) is 1. The molecule has 0 radical (unpaired) electrons. The Morgan fingerprint density at radius 3 is 2.84 bits per heavy atom. The normalized spacial score (nSPS) is 15.8. The third-order valence-corrected chi connectivity index (χ3v) is 7.94. The van der Waals surface area contributed by atoms with Gasteiger partial charge >= 0.3 is 5.97 Å². The number of carbonyl (C=O) groups is 2. The molecule has 0 aliphatic heterocycles. The van der Waals surface area contributed by atoms with Gasteiger partial charge in [-0.2, -0.15) is 0 Å². The van der Waals surface area contributed by atoms with Gasteiger partial charge in [0, 0.05) is 17.3 Å². The van der Waals surface area contributed by atoms with Crippen LogP contribution >= 0.6 is 23.1 Å². The highest BCUT2D eigenvalue weighted by atomic mass is 32.2. The van der Waals surface area contributed by atoms with Crippen molar-refractivity contribution < 1.29 is 14.3 Å². The Bertz CT molecular complexity index is 976. The smallest absolute Gasteiger partial charge is 0.341 e. The van der Waals surface area contributed by atoms with Gasteiger partial charge in [-0.1, -0.05) is 30.7 Å². The van der Waals surface area contributed by atoms with Crippen LogP contribution in [0.3, 0.4) is 0 Å². The number of fused-ring (bicyclic) bond motifs is 1. The molecule has 0 saturated heterocycles. The second kappa shape index (κ2) is 9.99. The number of carbonyl (C=O) groups excluding carboxylic acids is 2. The fraction of sp³-hybridized carbons (Fsp3) is 0.545. The molecule has 1 amide bonds. The number of rotatable bonds is 9. The molecule has 7 nitrogen and oxygen atoms in total. The second-order valence-corrected chi connectivity index (χ2v) is 9.89. The summed E-state index contributed by atoms with van der Waals surface area (Å²) in [6.07, 6.45) is 9.42. The van der Waals surface area contributed by atoms with Crippen LogP contribution < -0.4 is 5.32 Å². The van der Waals surface area contributed by atoms with Gasteiger partial charge in [0.05, 0.1) is 17.9 Å². The van der Waals surface area contributed by atoms with E-state index in [9.17, 15) is 9.59 Å². The van der Waals surface area contributed by atoms with Crippen molar-refractivity contribution in [3.63, 3.8) is 0 Å². The molecule has 2 aromatic rings. The van der Waals surface area contributed by atoms with Crippen molar-refractivity contribution in [2.75, 3.05) is 17.7 Å². The SMILES string of the molecule is C=CCn1c(SCC(=O)Nc2sc3c(c2C(=O)OCC)CCC3)nnc1C1CCCC1. The molecular formula is C22H28N4O3S2. The number of aryl methyl sites for hydroxylation is 1. The highest BCUT2D eigenvalue weighted by Crippen LogP contribution is 2.40. The third kappa shape index (κ3) is 4.72. The molecule has 0 unspecified atom stereocenters. The largest absolute Gasteiger partial charge is 0.462 e. The molecule has 0 aromatic carbocycles. The van der Waals surface area contributed by atoms with E-state index >= 15 is 0 Å². The number of anilines is 1. The molecule has 1 fully saturated rings. The van der Waals surface area contributed by atoms with Gasteiger partial charge in [-0.25, -0.2) is 4.79 Å². The third-order valence-electron chi connectivity index (χ3n) is 5.76. The van der Waals surface area contributed by atoms with E-state index in [2.05, 4.69) is 26.7 Å². The fourth-order valence-electron chi connectivity index (χ4n) is 4.40. The molecule has 0 bridgehead atoms. The predicted molar refractivity (Wildman–Crippen MR) is 123 cm³/mol. The molecule has 2 aliphatic rings. The lowest BCUT2D eigenvalue weighted by Crippen LogP contribution is -2.17. The standard InChI is InChI=1S/C22H28N4O3S2/c1-3-12-26-19(14-8-5-6-9-14)24-25-22(26)30-13-17(27)23-20-18(21(28)29-4-2)15-10-7-11-16(15)31-20/h3,14H,1,4-13H2,2H3,(H,23,27). The van der Waals surface area contributed by atoms with Crippen molar-refractivity contribution in [2.24, 2.45) is 0 Å². The van der Waals surface area contributed by atoms with E-state index in [0.717, 1.165) is 48.6 Å². The molecule has 2 aromatic heterocycles. The first kappa shape index (κ1) is 22.1. The summed E-state index contributed by atoms with van der Waals surface area (Å²) in [5.74, 6) is 1.13. The highest BCUT2D eigenvalue weighted by Gasteiger charge is 2.29. The predicted octanol–water partition coefficient (Wildman–Crippen LogP) is 4.58. The average Bonchev–Trinajstić information content (AvgIpc) is 3.51. The van der Waals surface area contributed by atoms with Crippen molar-refractivity contribution in [1.29, 1.82) is 0 Å². The van der Waals surface area contributed by atoms with E-state index in [-0.39, 0.29) is 17.6 Å². The highest BCUT2D eigenvalue weighted by molar-refractivity contribution is 7.99. The number of aromatic nitrogens is 3. The molecule has 9 heteroatoms. The first-order chi connectivity index (χ1) is 15.1. The second-order valence-electron chi connectivity index (χ2n) is 7.84. The molecule has 4 rings (SSSR count). The maximum atomic E-state index is 12.7.